The summed E-state index contributed by atoms with van der Waals surface area (Å²) in [7, 11) is 0. The molecular weight excluding hydrogens is 394 g/mol. The van der Waals surface area contributed by atoms with E-state index in [1.807, 2.05) is 6.92 Å². The number of morpholine rings is 1. The van der Waals surface area contributed by atoms with Crippen molar-refractivity contribution in [2.24, 2.45) is 0 Å². The molecule has 0 aliphatic carbocycles. The molecule has 9 heteroatoms. The number of carbonyl (C=O) groups excluding carboxylic acids is 2. The van der Waals surface area contributed by atoms with Gasteiger partial charge in [-0.1, -0.05) is 0 Å². The van der Waals surface area contributed by atoms with Crippen molar-refractivity contribution in [2.45, 2.75) is 19.9 Å². The predicted molar refractivity (Wildman–Crippen MR) is 106 cm³/mol. The van der Waals surface area contributed by atoms with Gasteiger partial charge in [0.15, 0.2) is 5.76 Å². The maximum Gasteiger partial charge on any atom is 0.290 e. The lowest BCUT2D eigenvalue weighted by atomic mass is 9.99. The predicted octanol–water partition coefficient (Wildman–Crippen LogP) is 2.26. The number of nitrogens with zero attached hydrogens (tertiary/aromatic N) is 3. The summed E-state index contributed by atoms with van der Waals surface area (Å²) in [6.07, 6.45) is 1.50. The molecule has 2 aliphatic rings. The Morgan fingerprint density at radius 1 is 1.31 bits per heavy atom. The van der Waals surface area contributed by atoms with Gasteiger partial charge in [-0.2, -0.15) is 0 Å². The monoisotopic (exact) mass is 417 g/mol. The summed E-state index contributed by atoms with van der Waals surface area (Å²) in [4.78, 5) is 34.6. The summed E-state index contributed by atoms with van der Waals surface area (Å²) in [5, 5.41) is 11.4. The summed E-state index contributed by atoms with van der Waals surface area (Å²) in [6, 6.07) is 2.67. The highest BCUT2D eigenvalue weighted by atomic mass is 32.1. The van der Waals surface area contributed by atoms with E-state index >= 15 is 0 Å². The minimum atomic E-state index is -0.757. The Labute approximate surface area is 172 Å². The third-order valence-corrected chi connectivity index (χ3v) is 6.30. The molecule has 154 valence electrons. The van der Waals surface area contributed by atoms with E-state index in [0.29, 0.717) is 42.6 Å². The Balaban J connectivity index is 1.65. The van der Waals surface area contributed by atoms with Crippen LogP contribution in [0.25, 0.3) is 0 Å². The lowest BCUT2D eigenvalue weighted by Gasteiger charge is -2.30. The molecular formula is C20H23N3O5S. The van der Waals surface area contributed by atoms with Crippen LogP contribution >= 0.6 is 11.3 Å². The number of thiazole rings is 1. The van der Waals surface area contributed by atoms with Crippen molar-refractivity contribution in [2.75, 3.05) is 39.4 Å². The number of hydrogen-bond donors (Lipinski definition) is 1. The average Bonchev–Trinajstić information content (AvgIpc) is 3.41. The third kappa shape index (κ3) is 3.73. The topological polar surface area (TPSA) is 96.1 Å². The van der Waals surface area contributed by atoms with Crippen LogP contribution in [0.1, 0.15) is 32.2 Å². The fraction of sp³-hybridized carbons (Fsp3) is 0.450. The van der Waals surface area contributed by atoms with Crippen LogP contribution in [0.15, 0.2) is 34.1 Å². The molecule has 1 saturated heterocycles. The number of carbonyl (C=O) groups is 2. The Hall–Kier alpha value is -2.49. The number of aliphatic hydroxyl groups is 1. The standard InChI is InChI=1S/C20H23N3O5S/c1-12-19(29-13(2)21-12)17(24)15-16(14-4-3-9-28-14)23(20(26)18(15)25)6-5-22-7-10-27-11-8-22/h3-4,9,16,25H,5-8,10-11H2,1-2H3/t16-/m0/s1. The number of ether oxygens (including phenoxy) is 1. The number of Topliss-reactive ketones (excluding diaryl/α,β-unsaturated/α-hetero) is 1. The van der Waals surface area contributed by atoms with E-state index < -0.39 is 17.7 Å². The largest absolute Gasteiger partial charge is 0.503 e. The molecule has 4 rings (SSSR count). The molecule has 2 aromatic rings. The summed E-state index contributed by atoms with van der Waals surface area (Å²) >= 11 is 1.26. The summed E-state index contributed by atoms with van der Waals surface area (Å²) in [5.74, 6) is -0.994. The van der Waals surface area contributed by atoms with Crippen molar-refractivity contribution in [1.29, 1.82) is 0 Å². The molecule has 4 heterocycles. The van der Waals surface area contributed by atoms with Gasteiger partial charge in [-0.05, 0) is 26.0 Å². The van der Waals surface area contributed by atoms with Crippen molar-refractivity contribution >= 4 is 23.0 Å². The van der Waals surface area contributed by atoms with Gasteiger partial charge >= 0.3 is 0 Å². The van der Waals surface area contributed by atoms with Crippen molar-refractivity contribution in [3.63, 3.8) is 0 Å². The van der Waals surface area contributed by atoms with Gasteiger partial charge in [0.2, 0.25) is 5.78 Å². The quantitative estimate of drug-likeness (QED) is 0.720. The van der Waals surface area contributed by atoms with Crippen molar-refractivity contribution in [3.05, 3.63) is 51.1 Å². The molecule has 1 atom stereocenters. The van der Waals surface area contributed by atoms with Crippen LogP contribution < -0.4 is 0 Å². The number of aryl methyl sites for hydroxylation is 2. The van der Waals surface area contributed by atoms with Crippen molar-refractivity contribution < 1.29 is 23.8 Å². The molecule has 0 unspecified atom stereocenters. The van der Waals surface area contributed by atoms with Gasteiger partial charge in [0.25, 0.3) is 5.91 Å². The molecule has 1 amide bonds. The molecule has 1 N–H and O–H groups in total. The van der Waals surface area contributed by atoms with E-state index in [-0.39, 0.29) is 11.4 Å². The first-order valence-electron chi connectivity index (χ1n) is 9.53. The van der Waals surface area contributed by atoms with Crippen LogP contribution in [-0.4, -0.2) is 71.0 Å². The zero-order valence-corrected chi connectivity index (χ0v) is 17.2. The second-order valence-electron chi connectivity index (χ2n) is 7.11. The number of hydrogen-bond acceptors (Lipinski definition) is 8. The lowest BCUT2D eigenvalue weighted by Crippen LogP contribution is -2.43. The van der Waals surface area contributed by atoms with Gasteiger partial charge in [0.1, 0.15) is 11.8 Å². The van der Waals surface area contributed by atoms with Gasteiger partial charge in [-0.25, -0.2) is 4.98 Å². The zero-order valence-electron chi connectivity index (χ0n) is 16.4. The molecule has 0 bridgehead atoms. The molecule has 0 aromatic carbocycles. The number of ketones is 1. The maximum absolute atomic E-state index is 13.3. The van der Waals surface area contributed by atoms with Crippen LogP contribution in [0, 0.1) is 13.8 Å². The molecule has 1 fully saturated rings. The Kier molecular flexibility index (Phi) is 5.53. The number of aliphatic hydroxyl groups excluding tert-OH is 1. The van der Waals surface area contributed by atoms with Crippen LogP contribution in [0.3, 0.4) is 0 Å². The molecule has 29 heavy (non-hydrogen) atoms. The lowest BCUT2D eigenvalue weighted by molar-refractivity contribution is -0.130. The van der Waals surface area contributed by atoms with E-state index in [1.54, 1.807) is 19.1 Å². The number of amides is 1. The maximum atomic E-state index is 13.3. The van der Waals surface area contributed by atoms with Gasteiger partial charge < -0.3 is 19.2 Å². The SMILES string of the molecule is Cc1nc(C)c(C(=O)C2=C(O)C(=O)N(CCN3CCOCC3)[C@H]2c2ccco2)s1. The first-order chi connectivity index (χ1) is 14.0. The van der Waals surface area contributed by atoms with Crippen LogP contribution in [0.2, 0.25) is 0 Å². The van der Waals surface area contributed by atoms with E-state index in [0.717, 1.165) is 18.1 Å². The molecule has 2 aliphatic heterocycles. The fourth-order valence-corrected chi connectivity index (χ4v) is 4.67. The smallest absolute Gasteiger partial charge is 0.290 e. The van der Waals surface area contributed by atoms with Crippen molar-refractivity contribution in [3.8, 4) is 0 Å². The normalized spacial score (nSPS) is 20.7. The van der Waals surface area contributed by atoms with Crippen LogP contribution in [-0.2, 0) is 9.53 Å². The van der Waals surface area contributed by atoms with Crippen LogP contribution in [0.4, 0.5) is 0 Å². The summed E-state index contributed by atoms with van der Waals surface area (Å²) in [6.45, 7) is 7.46. The first kappa shape index (κ1) is 19.8. The Morgan fingerprint density at radius 3 is 2.69 bits per heavy atom. The van der Waals surface area contributed by atoms with Gasteiger partial charge in [0, 0.05) is 26.2 Å². The number of aromatic nitrogens is 1. The highest BCUT2D eigenvalue weighted by molar-refractivity contribution is 7.14. The minimum absolute atomic E-state index is 0.0543. The Bertz CT molecular complexity index is 943. The van der Waals surface area contributed by atoms with Crippen LogP contribution in [0.5, 0.6) is 0 Å². The Morgan fingerprint density at radius 2 is 2.07 bits per heavy atom. The highest BCUT2D eigenvalue weighted by Crippen LogP contribution is 2.40. The zero-order chi connectivity index (χ0) is 20.5. The molecule has 0 saturated carbocycles. The highest BCUT2D eigenvalue weighted by Gasteiger charge is 2.45. The van der Waals surface area contributed by atoms with Crippen molar-refractivity contribution in [1.82, 2.24) is 14.8 Å². The molecule has 8 nitrogen and oxygen atoms in total. The molecule has 0 spiro atoms. The third-order valence-electron chi connectivity index (χ3n) is 5.23. The van der Waals surface area contributed by atoms with E-state index in [4.69, 9.17) is 9.15 Å². The minimum Gasteiger partial charge on any atom is -0.503 e. The van der Waals surface area contributed by atoms with Gasteiger partial charge in [-0.15, -0.1) is 11.3 Å². The van der Waals surface area contributed by atoms with Gasteiger partial charge in [-0.3, -0.25) is 14.5 Å². The number of furan rings is 1. The van der Waals surface area contributed by atoms with E-state index in [2.05, 4.69) is 9.88 Å². The van der Waals surface area contributed by atoms with E-state index in [9.17, 15) is 14.7 Å². The second-order valence-corrected chi connectivity index (χ2v) is 8.31. The van der Waals surface area contributed by atoms with E-state index in [1.165, 1.54) is 22.5 Å². The fourth-order valence-electron chi connectivity index (χ4n) is 3.80. The molecule has 2 aromatic heterocycles. The first-order valence-corrected chi connectivity index (χ1v) is 10.4. The number of rotatable bonds is 6. The van der Waals surface area contributed by atoms with Gasteiger partial charge in [0.05, 0.1) is 40.6 Å². The summed E-state index contributed by atoms with van der Waals surface area (Å²) < 4.78 is 10.9. The molecule has 0 radical (unpaired) electrons. The average molecular weight is 417 g/mol. The second kappa shape index (κ2) is 8.10. The summed E-state index contributed by atoms with van der Waals surface area (Å²) in [5.41, 5.74) is 0.647.